The highest BCUT2D eigenvalue weighted by Gasteiger charge is 2.45. The maximum atomic E-state index is 14.5. The van der Waals surface area contributed by atoms with Gasteiger partial charge < -0.3 is 25.0 Å². The highest BCUT2D eigenvalue weighted by Crippen LogP contribution is 2.39. The maximum absolute atomic E-state index is 14.5. The van der Waals surface area contributed by atoms with Gasteiger partial charge in [-0.1, -0.05) is 6.07 Å². The SMILES string of the molecule is CCn1cc2c(N3CC4(CCCN4)C3)ccc(C(O)Nc3cc(F)c4nc(C)cn4c3)c2n1. The summed E-state index contributed by atoms with van der Waals surface area (Å²) < 4.78 is 18.0. The van der Waals surface area contributed by atoms with Crippen LogP contribution >= 0.6 is 0 Å². The van der Waals surface area contributed by atoms with Gasteiger partial charge in [0.1, 0.15) is 5.52 Å². The summed E-state index contributed by atoms with van der Waals surface area (Å²) in [5, 5.41) is 23.5. The zero-order valence-corrected chi connectivity index (χ0v) is 18.8. The van der Waals surface area contributed by atoms with Crippen molar-refractivity contribution in [3.63, 3.8) is 0 Å². The van der Waals surface area contributed by atoms with Crippen LogP contribution in [0.4, 0.5) is 15.8 Å². The number of aliphatic hydroxyl groups is 1. The van der Waals surface area contributed by atoms with E-state index in [4.69, 9.17) is 5.10 Å². The van der Waals surface area contributed by atoms with E-state index in [1.165, 1.54) is 18.9 Å². The van der Waals surface area contributed by atoms with Crippen molar-refractivity contribution in [2.75, 3.05) is 29.9 Å². The molecule has 5 heterocycles. The topological polar surface area (TPSA) is 82.6 Å². The molecule has 2 aliphatic heterocycles. The molecule has 0 saturated carbocycles. The molecule has 2 aliphatic rings. The summed E-state index contributed by atoms with van der Waals surface area (Å²) in [6.07, 6.45) is 6.95. The number of benzene rings is 1. The van der Waals surface area contributed by atoms with Gasteiger partial charge in [-0.2, -0.15) is 5.10 Å². The molecule has 9 heteroatoms. The third-order valence-electron chi connectivity index (χ3n) is 6.94. The molecule has 4 aromatic rings. The molecule has 0 aliphatic carbocycles. The molecule has 33 heavy (non-hydrogen) atoms. The zero-order valence-electron chi connectivity index (χ0n) is 18.8. The standard InChI is InChI=1S/C24H28FN7O/c1-3-32-12-18-20(31-13-24(14-31)7-4-8-26-24)6-5-17(21(18)29-32)23(33)28-16-9-19(25)22-27-15(2)10-30(22)11-16/h5-6,9-12,23,26,28,33H,3-4,7-8,13-14H2,1-2H3. The van der Waals surface area contributed by atoms with E-state index < -0.39 is 12.0 Å². The first-order valence-corrected chi connectivity index (χ1v) is 11.5. The molecule has 1 spiro atoms. The molecular formula is C24H28FN7O. The number of hydrogen-bond donors (Lipinski definition) is 3. The van der Waals surface area contributed by atoms with Crippen LogP contribution in [0, 0.1) is 12.7 Å². The van der Waals surface area contributed by atoms with E-state index in [1.54, 1.807) is 16.8 Å². The first-order chi connectivity index (χ1) is 15.9. The number of anilines is 2. The molecule has 1 aromatic carbocycles. The summed E-state index contributed by atoms with van der Waals surface area (Å²) in [5.41, 5.74) is 4.28. The van der Waals surface area contributed by atoms with Crippen molar-refractivity contribution in [1.29, 1.82) is 0 Å². The third-order valence-corrected chi connectivity index (χ3v) is 6.94. The molecule has 1 atom stereocenters. The summed E-state index contributed by atoms with van der Waals surface area (Å²) >= 11 is 0. The van der Waals surface area contributed by atoms with Gasteiger partial charge in [0.15, 0.2) is 17.7 Å². The number of nitrogens with one attached hydrogen (secondary N) is 2. The van der Waals surface area contributed by atoms with Crippen LogP contribution in [0.15, 0.2) is 36.8 Å². The fraction of sp³-hybridized carbons (Fsp3) is 0.417. The van der Waals surface area contributed by atoms with E-state index in [-0.39, 0.29) is 11.2 Å². The predicted molar refractivity (Wildman–Crippen MR) is 126 cm³/mol. The average molecular weight is 450 g/mol. The van der Waals surface area contributed by atoms with E-state index in [2.05, 4.69) is 26.6 Å². The minimum absolute atomic E-state index is 0.251. The van der Waals surface area contributed by atoms with Gasteiger partial charge in [0.25, 0.3) is 0 Å². The van der Waals surface area contributed by atoms with Gasteiger partial charge in [-0.3, -0.25) is 4.68 Å². The second-order valence-electron chi connectivity index (χ2n) is 9.32. The Morgan fingerprint density at radius 2 is 2.12 bits per heavy atom. The van der Waals surface area contributed by atoms with Crippen LogP contribution in [0.1, 0.15) is 37.3 Å². The molecule has 0 amide bonds. The zero-order chi connectivity index (χ0) is 22.7. The Kier molecular flexibility index (Phi) is 4.60. The van der Waals surface area contributed by atoms with E-state index >= 15 is 0 Å². The number of aromatic nitrogens is 4. The van der Waals surface area contributed by atoms with Gasteiger partial charge in [0, 0.05) is 60.9 Å². The van der Waals surface area contributed by atoms with Crippen LogP contribution in [-0.4, -0.2) is 49.4 Å². The van der Waals surface area contributed by atoms with Crippen molar-refractivity contribution in [1.82, 2.24) is 24.5 Å². The van der Waals surface area contributed by atoms with Crippen LogP contribution in [-0.2, 0) is 6.54 Å². The van der Waals surface area contributed by atoms with Gasteiger partial charge in [-0.05, 0) is 39.3 Å². The van der Waals surface area contributed by atoms with Gasteiger partial charge in [-0.15, -0.1) is 0 Å². The molecule has 2 fully saturated rings. The number of halogens is 1. The number of aryl methyl sites for hydroxylation is 2. The largest absolute Gasteiger partial charge is 0.369 e. The maximum Gasteiger partial charge on any atom is 0.173 e. The van der Waals surface area contributed by atoms with Crippen LogP contribution in [0.2, 0.25) is 0 Å². The van der Waals surface area contributed by atoms with Crippen molar-refractivity contribution < 1.29 is 9.50 Å². The molecule has 172 valence electrons. The van der Waals surface area contributed by atoms with Gasteiger partial charge >= 0.3 is 0 Å². The Morgan fingerprint density at radius 3 is 2.88 bits per heavy atom. The summed E-state index contributed by atoms with van der Waals surface area (Å²) in [5.74, 6) is -0.441. The lowest BCUT2D eigenvalue weighted by molar-refractivity contribution is 0.209. The first-order valence-electron chi connectivity index (χ1n) is 11.5. The molecule has 1 unspecified atom stereocenters. The fourth-order valence-corrected chi connectivity index (χ4v) is 5.31. The molecule has 6 rings (SSSR count). The third kappa shape index (κ3) is 3.34. The highest BCUT2D eigenvalue weighted by molar-refractivity contribution is 5.94. The number of rotatable bonds is 5. The minimum Gasteiger partial charge on any atom is -0.369 e. The molecule has 0 radical (unpaired) electrons. The average Bonchev–Trinajstić information content (AvgIpc) is 3.49. The van der Waals surface area contributed by atoms with Crippen molar-refractivity contribution in [2.24, 2.45) is 0 Å². The predicted octanol–water partition coefficient (Wildman–Crippen LogP) is 3.20. The molecule has 0 bridgehead atoms. The number of fused-ring (bicyclic) bond motifs is 2. The number of nitrogens with zero attached hydrogens (tertiary/aromatic N) is 5. The Balaban J connectivity index is 1.32. The Bertz CT molecular complexity index is 1350. The highest BCUT2D eigenvalue weighted by atomic mass is 19.1. The lowest BCUT2D eigenvalue weighted by Crippen LogP contribution is -2.67. The second kappa shape index (κ2) is 7.43. The number of hydrogen-bond acceptors (Lipinski definition) is 6. The quantitative estimate of drug-likeness (QED) is 0.406. The van der Waals surface area contributed by atoms with Crippen LogP contribution in [0.5, 0.6) is 0 Å². The van der Waals surface area contributed by atoms with Crippen LogP contribution in [0.25, 0.3) is 16.6 Å². The van der Waals surface area contributed by atoms with Crippen molar-refractivity contribution in [3.05, 3.63) is 53.9 Å². The lowest BCUT2D eigenvalue weighted by atomic mass is 9.87. The molecule has 8 nitrogen and oxygen atoms in total. The van der Waals surface area contributed by atoms with Crippen molar-refractivity contribution in [3.8, 4) is 0 Å². The van der Waals surface area contributed by atoms with Crippen molar-refractivity contribution >= 4 is 27.9 Å². The van der Waals surface area contributed by atoms with E-state index in [9.17, 15) is 9.50 Å². The first kappa shape index (κ1) is 20.4. The number of imidazole rings is 1. The van der Waals surface area contributed by atoms with E-state index in [0.29, 0.717) is 11.3 Å². The monoisotopic (exact) mass is 449 g/mol. The normalized spacial score (nSPS) is 18.4. The summed E-state index contributed by atoms with van der Waals surface area (Å²) in [4.78, 5) is 6.57. The smallest absolute Gasteiger partial charge is 0.173 e. The van der Waals surface area contributed by atoms with Gasteiger partial charge in [0.05, 0.1) is 16.9 Å². The Labute approximate surface area is 191 Å². The molecule has 3 aromatic heterocycles. The van der Waals surface area contributed by atoms with Crippen molar-refractivity contribution in [2.45, 2.75) is 45.0 Å². The molecular weight excluding hydrogens is 421 g/mol. The second-order valence-corrected chi connectivity index (χ2v) is 9.32. The van der Waals surface area contributed by atoms with Crippen LogP contribution < -0.4 is 15.5 Å². The van der Waals surface area contributed by atoms with Gasteiger partial charge in [-0.25, -0.2) is 9.37 Å². The van der Waals surface area contributed by atoms with Gasteiger partial charge in [0.2, 0.25) is 0 Å². The molecule has 2 saturated heterocycles. The Morgan fingerprint density at radius 1 is 1.27 bits per heavy atom. The molecule has 3 N–H and O–H groups in total. The number of pyridine rings is 1. The Hall–Kier alpha value is -3.17. The summed E-state index contributed by atoms with van der Waals surface area (Å²) in [6.45, 7) is 7.68. The van der Waals surface area contributed by atoms with Crippen LogP contribution in [0.3, 0.4) is 0 Å². The lowest BCUT2D eigenvalue weighted by Gasteiger charge is -2.50. The fourth-order valence-electron chi connectivity index (χ4n) is 5.31. The van der Waals surface area contributed by atoms with E-state index in [1.807, 2.05) is 30.8 Å². The summed E-state index contributed by atoms with van der Waals surface area (Å²) in [6, 6.07) is 5.34. The summed E-state index contributed by atoms with van der Waals surface area (Å²) in [7, 11) is 0. The minimum atomic E-state index is -1.04. The van der Waals surface area contributed by atoms with E-state index in [0.717, 1.165) is 48.5 Å². The number of aliphatic hydroxyl groups excluding tert-OH is 1.